The van der Waals surface area contributed by atoms with Crippen molar-refractivity contribution in [3.8, 4) is 0 Å². The molecule has 116 valence electrons. The zero-order valence-corrected chi connectivity index (χ0v) is 12.8. The number of nitro groups is 1. The monoisotopic (exact) mass is 329 g/mol. The van der Waals surface area contributed by atoms with E-state index in [0.29, 0.717) is 10.5 Å². The molecule has 8 nitrogen and oxygen atoms in total. The number of amides is 1. The lowest BCUT2D eigenvalue weighted by Gasteiger charge is -1.95. The molecule has 3 aromatic rings. The van der Waals surface area contributed by atoms with Gasteiger partial charge in [0.15, 0.2) is 0 Å². The van der Waals surface area contributed by atoms with Crippen molar-refractivity contribution >= 4 is 39.9 Å². The Morgan fingerprint density at radius 3 is 2.78 bits per heavy atom. The fourth-order valence-corrected chi connectivity index (χ4v) is 2.68. The van der Waals surface area contributed by atoms with Crippen LogP contribution in [0.3, 0.4) is 0 Å². The predicted molar refractivity (Wildman–Crippen MR) is 86.4 cm³/mol. The van der Waals surface area contributed by atoms with E-state index in [-0.39, 0.29) is 17.5 Å². The van der Waals surface area contributed by atoms with E-state index in [4.69, 9.17) is 0 Å². The first-order chi connectivity index (χ1) is 11.0. The van der Waals surface area contributed by atoms with Crippen LogP contribution in [0.25, 0.3) is 11.0 Å². The smallest absolute Gasteiger partial charge is 0.269 e. The van der Waals surface area contributed by atoms with Crippen LogP contribution in [-0.4, -0.2) is 25.4 Å². The Morgan fingerprint density at radius 2 is 2.13 bits per heavy atom. The van der Waals surface area contributed by atoms with Crippen molar-refractivity contribution < 1.29 is 9.72 Å². The standard InChI is InChI=1S/C14H11N5O3S/c1-9-8-23-14-16-13(17-18(9)14)15-12(20)7-4-10-2-5-11(6-3-10)19(21)22/h2-8H,1H3,(H,15,17,20)/b7-4+. The first kappa shape index (κ1) is 14.9. The van der Waals surface area contributed by atoms with Gasteiger partial charge in [-0.1, -0.05) is 0 Å². The number of rotatable bonds is 4. The second kappa shape index (κ2) is 5.97. The predicted octanol–water partition coefficient (Wildman–Crippen LogP) is 2.66. The average molecular weight is 329 g/mol. The minimum atomic E-state index is -0.474. The number of nitrogens with zero attached hydrogens (tertiary/aromatic N) is 4. The van der Waals surface area contributed by atoms with Gasteiger partial charge < -0.3 is 0 Å². The molecule has 0 saturated heterocycles. The number of carbonyl (C=O) groups is 1. The molecule has 0 aliphatic rings. The van der Waals surface area contributed by atoms with Crippen molar-refractivity contribution in [2.24, 2.45) is 0 Å². The second-order valence-electron chi connectivity index (χ2n) is 4.68. The maximum atomic E-state index is 11.9. The summed E-state index contributed by atoms with van der Waals surface area (Å²) in [5.41, 5.74) is 1.63. The van der Waals surface area contributed by atoms with E-state index < -0.39 is 4.92 Å². The first-order valence-corrected chi connectivity index (χ1v) is 7.45. The molecule has 1 amide bonds. The molecule has 0 aliphatic heterocycles. The molecule has 2 heterocycles. The lowest BCUT2D eigenvalue weighted by atomic mass is 10.2. The Morgan fingerprint density at radius 1 is 1.39 bits per heavy atom. The average Bonchev–Trinajstić information content (AvgIpc) is 3.07. The van der Waals surface area contributed by atoms with Crippen LogP contribution < -0.4 is 5.32 Å². The molecule has 0 atom stereocenters. The lowest BCUT2D eigenvalue weighted by Crippen LogP contribution is -2.09. The third kappa shape index (κ3) is 3.24. The molecule has 0 aliphatic carbocycles. The molecule has 0 fully saturated rings. The van der Waals surface area contributed by atoms with Gasteiger partial charge >= 0.3 is 0 Å². The highest BCUT2D eigenvalue weighted by Gasteiger charge is 2.08. The minimum absolute atomic E-state index is 0.00394. The van der Waals surface area contributed by atoms with E-state index in [1.165, 1.54) is 29.5 Å². The molecule has 2 aromatic heterocycles. The van der Waals surface area contributed by atoms with E-state index in [0.717, 1.165) is 5.69 Å². The maximum absolute atomic E-state index is 11.9. The first-order valence-electron chi connectivity index (χ1n) is 6.57. The molecule has 0 saturated carbocycles. The number of carbonyl (C=O) groups excluding carboxylic acids is 1. The van der Waals surface area contributed by atoms with Crippen molar-refractivity contribution in [3.05, 3.63) is 57.1 Å². The van der Waals surface area contributed by atoms with Gasteiger partial charge in [0.1, 0.15) is 0 Å². The zero-order valence-electron chi connectivity index (χ0n) is 12.0. The van der Waals surface area contributed by atoms with Gasteiger partial charge in [-0.2, -0.15) is 4.98 Å². The Labute approximate surface area is 134 Å². The number of nitrogens with one attached hydrogen (secondary N) is 1. The molecule has 0 unspecified atom stereocenters. The summed E-state index contributed by atoms with van der Waals surface area (Å²) in [6, 6.07) is 5.89. The Bertz CT molecular complexity index is 910. The number of anilines is 1. The summed E-state index contributed by atoms with van der Waals surface area (Å²) in [4.78, 5) is 26.8. The molecule has 9 heteroatoms. The summed E-state index contributed by atoms with van der Waals surface area (Å²) in [7, 11) is 0. The van der Waals surface area contributed by atoms with Crippen LogP contribution >= 0.6 is 11.3 Å². The van der Waals surface area contributed by atoms with Gasteiger partial charge in [-0.3, -0.25) is 20.2 Å². The van der Waals surface area contributed by atoms with Gasteiger partial charge in [0, 0.05) is 23.6 Å². The Balaban J connectivity index is 1.67. The highest BCUT2D eigenvalue weighted by atomic mass is 32.1. The molecule has 3 rings (SSSR count). The number of aryl methyl sites for hydroxylation is 1. The third-order valence-electron chi connectivity index (χ3n) is 3.01. The molecular weight excluding hydrogens is 318 g/mol. The number of non-ortho nitro benzene ring substituents is 1. The number of aromatic nitrogens is 3. The molecular formula is C14H11N5O3S. The lowest BCUT2D eigenvalue weighted by molar-refractivity contribution is -0.384. The van der Waals surface area contributed by atoms with Crippen molar-refractivity contribution in [1.82, 2.24) is 14.6 Å². The van der Waals surface area contributed by atoms with Crippen LogP contribution in [0.15, 0.2) is 35.7 Å². The fraction of sp³-hybridized carbons (Fsp3) is 0.0714. The fourth-order valence-electron chi connectivity index (χ4n) is 1.88. The van der Waals surface area contributed by atoms with E-state index in [1.807, 2.05) is 12.3 Å². The summed E-state index contributed by atoms with van der Waals surface area (Å²) in [6.45, 7) is 1.90. The van der Waals surface area contributed by atoms with Crippen LogP contribution in [0.2, 0.25) is 0 Å². The molecule has 0 spiro atoms. The highest BCUT2D eigenvalue weighted by molar-refractivity contribution is 7.15. The Kier molecular flexibility index (Phi) is 3.85. The topological polar surface area (TPSA) is 102 Å². The van der Waals surface area contributed by atoms with Gasteiger partial charge in [-0.25, -0.2) is 4.52 Å². The van der Waals surface area contributed by atoms with E-state index >= 15 is 0 Å². The SMILES string of the molecule is Cc1csc2nc(NC(=O)/C=C/c3ccc([N+](=O)[O-])cc3)nn12. The molecule has 0 radical (unpaired) electrons. The largest absolute Gasteiger partial charge is 0.290 e. The van der Waals surface area contributed by atoms with Crippen LogP contribution in [-0.2, 0) is 4.79 Å². The maximum Gasteiger partial charge on any atom is 0.269 e. The normalized spacial score (nSPS) is 11.2. The summed E-state index contributed by atoms with van der Waals surface area (Å²) >= 11 is 1.44. The van der Waals surface area contributed by atoms with Gasteiger partial charge in [0.05, 0.1) is 10.6 Å². The summed E-state index contributed by atoms with van der Waals surface area (Å²) in [5, 5.41) is 19.2. The second-order valence-corrected chi connectivity index (χ2v) is 5.51. The van der Waals surface area contributed by atoms with Gasteiger partial charge in [-0.05, 0) is 30.7 Å². The number of thiazole rings is 1. The van der Waals surface area contributed by atoms with E-state index in [1.54, 1.807) is 22.7 Å². The quantitative estimate of drug-likeness (QED) is 0.450. The summed E-state index contributed by atoms with van der Waals surface area (Å²) in [6.07, 6.45) is 2.88. The van der Waals surface area contributed by atoms with Crippen LogP contribution in [0.4, 0.5) is 11.6 Å². The number of hydrogen-bond acceptors (Lipinski definition) is 6. The van der Waals surface area contributed by atoms with Crippen LogP contribution in [0, 0.1) is 17.0 Å². The van der Waals surface area contributed by atoms with Crippen LogP contribution in [0.1, 0.15) is 11.3 Å². The van der Waals surface area contributed by atoms with E-state index in [2.05, 4.69) is 15.4 Å². The minimum Gasteiger partial charge on any atom is -0.290 e. The number of benzene rings is 1. The van der Waals surface area contributed by atoms with Gasteiger partial charge in [0.2, 0.25) is 4.96 Å². The summed E-state index contributed by atoms with van der Waals surface area (Å²) in [5.74, 6) is -0.141. The third-order valence-corrected chi connectivity index (χ3v) is 3.95. The number of fused-ring (bicyclic) bond motifs is 1. The van der Waals surface area contributed by atoms with E-state index in [9.17, 15) is 14.9 Å². The van der Waals surface area contributed by atoms with Gasteiger partial charge in [-0.15, -0.1) is 16.4 Å². The zero-order chi connectivity index (χ0) is 16.4. The van der Waals surface area contributed by atoms with Crippen molar-refractivity contribution in [2.45, 2.75) is 6.92 Å². The van der Waals surface area contributed by atoms with Gasteiger partial charge in [0.25, 0.3) is 17.5 Å². The molecule has 0 bridgehead atoms. The highest BCUT2D eigenvalue weighted by Crippen LogP contribution is 2.15. The Hall–Kier alpha value is -3.07. The van der Waals surface area contributed by atoms with Crippen molar-refractivity contribution in [1.29, 1.82) is 0 Å². The van der Waals surface area contributed by atoms with Crippen LogP contribution in [0.5, 0.6) is 0 Å². The molecule has 1 aromatic carbocycles. The summed E-state index contributed by atoms with van der Waals surface area (Å²) < 4.78 is 1.65. The van der Waals surface area contributed by atoms with Crippen molar-refractivity contribution in [2.75, 3.05) is 5.32 Å². The number of nitro benzene ring substituents is 1. The number of hydrogen-bond donors (Lipinski definition) is 1. The molecule has 23 heavy (non-hydrogen) atoms. The van der Waals surface area contributed by atoms with Crippen molar-refractivity contribution in [3.63, 3.8) is 0 Å². The molecule has 1 N–H and O–H groups in total.